The Kier molecular flexibility index (Phi) is 5.89. The minimum absolute atomic E-state index is 0.230. The van der Waals surface area contributed by atoms with E-state index in [2.05, 4.69) is 20.0 Å². The van der Waals surface area contributed by atoms with Crippen molar-refractivity contribution < 1.29 is 22.7 Å². The summed E-state index contributed by atoms with van der Waals surface area (Å²) < 4.78 is 40.9. The molecule has 2 N–H and O–H groups in total. The van der Waals surface area contributed by atoms with Crippen molar-refractivity contribution in [2.24, 2.45) is 0 Å². The van der Waals surface area contributed by atoms with Gasteiger partial charge in [0.2, 0.25) is 5.91 Å². The van der Waals surface area contributed by atoms with Gasteiger partial charge in [0, 0.05) is 5.69 Å². The molecule has 2 heterocycles. The molecular weight excluding hydrogens is 409 g/mol. The van der Waals surface area contributed by atoms with Crippen LogP contribution in [-0.2, 0) is 11.3 Å². The highest BCUT2D eigenvalue weighted by Crippen LogP contribution is 2.24. The van der Waals surface area contributed by atoms with E-state index < -0.39 is 12.4 Å². The van der Waals surface area contributed by atoms with Gasteiger partial charge in [0.1, 0.15) is 16.3 Å². The van der Waals surface area contributed by atoms with Gasteiger partial charge in [-0.15, -0.1) is 24.5 Å². The van der Waals surface area contributed by atoms with Crippen LogP contribution in [-0.4, -0.2) is 40.2 Å². The van der Waals surface area contributed by atoms with Crippen LogP contribution in [0.1, 0.15) is 12.7 Å². The number of carbonyl (C=O) groups is 1. The number of ether oxygens (including phenoxy) is 1. The van der Waals surface area contributed by atoms with E-state index >= 15 is 0 Å². The number of amides is 1. The van der Waals surface area contributed by atoms with Gasteiger partial charge in [-0.05, 0) is 49.7 Å². The molecule has 0 aliphatic rings. The minimum atomic E-state index is -4.77. The smallest absolute Gasteiger partial charge is 0.406 e. The molecule has 0 saturated carbocycles. The zero-order chi connectivity index (χ0) is 21.2. The van der Waals surface area contributed by atoms with Crippen LogP contribution in [0.2, 0.25) is 0 Å². The molecule has 11 heteroatoms. The SMILES string of the molecule is CC(C(=O)Nc1ccc(OC(F)(F)F)cc1)N(C)Cc1nc2ccsc2c(=O)[nH]1. The van der Waals surface area contributed by atoms with Crippen LogP contribution in [0.4, 0.5) is 18.9 Å². The zero-order valence-corrected chi connectivity index (χ0v) is 16.2. The monoisotopic (exact) mass is 426 g/mol. The van der Waals surface area contributed by atoms with Gasteiger partial charge in [-0.2, -0.15) is 0 Å². The number of aromatic amines is 1. The molecule has 29 heavy (non-hydrogen) atoms. The van der Waals surface area contributed by atoms with Gasteiger partial charge in [-0.3, -0.25) is 14.5 Å². The minimum Gasteiger partial charge on any atom is -0.406 e. The van der Waals surface area contributed by atoms with Crippen LogP contribution in [0, 0.1) is 0 Å². The molecule has 1 aromatic carbocycles. The summed E-state index contributed by atoms with van der Waals surface area (Å²) in [6, 6.07) is 6.01. The predicted molar refractivity (Wildman–Crippen MR) is 103 cm³/mol. The summed E-state index contributed by atoms with van der Waals surface area (Å²) in [4.78, 5) is 33.2. The fourth-order valence-electron chi connectivity index (χ4n) is 2.56. The van der Waals surface area contributed by atoms with Crippen molar-refractivity contribution in [3.8, 4) is 5.75 Å². The second-order valence-electron chi connectivity index (χ2n) is 6.30. The molecule has 3 aromatic rings. The van der Waals surface area contributed by atoms with Gasteiger partial charge < -0.3 is 15.0 Å². The lowest BCUT2D eigenvalue weighted by molar-refractivity contribution is -0.274. The van der Waals surface area contributed by atoms with Crippen LogP contribution >= 0.6 is 11.3 Å². The Balaban J connectivity index is 1.62. The third-order valence-corrected chi connectivity index (χ3v) is 5.06. The molecule has 0 aliphatic heterocycles. The van der Waals surface area contributed by atoms with Crippen molar-refractivity contribution in [3.63, 3.8) is 0 Å². The highest BCUT2D eigenvalue weighted by Gasteiger charge is 2.31. The van der Waals surface area contributed by atoms with Gasteiger partial charge in [-0.25, -0.2) is 4.98 Å². The number of anilines is 1. The first-order chi connectivity index (χ1) is 13.6. The van der Waals surface area contributed by atoms with Crippen molar-refractivity contribution in [2.75, 3.05) is 12.4 Å². The number of hydrogen-bond acceptors (Lipinski definition) is 6. The lowest BCUT2D eigenvalue weighted by Gasteiger charge is -2.23. The topological polar surface area (TPSA) is 87.3 Å². The Morgan fingerprint density at radius 1 is 1.31 bits per heavy atom. The van der Waals surface area contributed by atoms with Crippen molar-refractivity contribution in [1.29, 1.82) is 0 Å². The van der Waals surface area contributed by atoms with Crippen LogP contribution in [0.3, 0.4) is 0 Å². The first kappa shape index (κ1) is 20.8. The van der Waals surface area contributed by atoms with Crippen molar-refractivity contribution in [2.45, 2.75) is 25.9 Å². The Hall–Kier alpha value is -2.92. The number of nitrogens with one attached hydrogen (secondary N) is 2. The number of hydrogen-bond donors (Lipinski definition) is 2. The Labute approximate surface area is 167 Å². The summed E-state index contributed by atoms with van der Waals surface area (Å²) in [7, 11) is 1.70. The second-order valence-corrected chi connectivity index (χ2v) is 7.22. The third kappa shape index (κ3) is 5.33. The molecule has 3 rings (SSSR count). The molecule has 0 aliphatic carbocycles. The summed E-state index contributed by atoms with van der Waals surface area (Å²) in [5.41, 5.74) is 0.697. The van der Waals surface area contributed by atoms with E-state index in [-0.39, 0.29) is 23.8 Å². The van der Waals surface area contributed by atoms with E-state index in [1.807, 2.05) is 0 Å². The average Bonchev–Trinajstić information content (AvgIpc) is 3.10. The molecule has 0 bridgehead atoms. The lowest BCUT2D eigenvalue weighted by atomic mass is 10.2. The molecule has 2 aromatic heterocycles. The summed E-state index contributed by atoms with van der Waals surface area (Å²) in [5.74, 6) is -0.313. The largest absolute Gasteiger partial charge is 0.573 e. The molecule has 1 unspecified atom stereocenters. The maximum Gasteiger partial charge on any atom is 0.573 e. The van der Waals surface area contributed by atoms with E-state index in [4.69, 9.17) is 0 Å². The Bertz CT molecular complexity index is 1060. The summed E-state index contributed by atoms with van der Waals surface area (Å²) in [5, 5.41) is 4.41. The highest BCUT2D eigenvalue weighted by atomic mass is 32.1. The number of aromatic nitrogens is 2. The number of H-pyrrole nitrogens is 1. The highest BCUT2D eigenvalue weighted by molar-refractivity contribution is 7.17. The summed E-state index contributed by atoms with van der Waals surface area (Å²) in [6.45, 7) is 1.89. The van der Waals surface area contributed by atoms with Gasteiger partial charge in [-0.1, -0.05) is 0 Å². The first-order valence-corrected chi connectivity index (χ1v) is 9.33. The van der Waals surface area contributed by atoms with Crippen LogP contribution in [0.5, 0.6) is 5.75 Å². The Morgan fingerprint density at radius 3 is 2.66 bits per heavy atom. The van der Waals surface area contributed by atoms with Gasteiger partial charge in [0.05, 0.1) is 18.1 Å². The second kappa shape index (κ2) is 8.21. The molecule has 0 fully saturated rings. The number of rotatable bonds is 6. The predicted octanol–water partition coefficient (Wildman–Crippen LogP) is 3.34. The molecule has 7 nitrogen and oxygen atoms in total. The van der Waals surface area contributed by atoms with Crippen molar-refractivity contribution >= 4 is 33.1 Å². The van der Waals surface area contributed by atoms with Gasteiger partial charge >= 0.3 is 6.36 Å². The van der Waals surface area contributed by atoms with Crippen molar-refractivity contribution in [1.82, 2.24) is 14.9 Å². The fourth-order valence-corrected chi connectivity index (χ4v) is 3.28. The number of carbonyl (C=O) groups excluding carboxylic acids is 1. The normalized spacial score (nSPS) is 12.9. The molecular formula is C18H17F3N4O3S. The maximum absolute atomic E-state index is 12.4. The Morgan fingerprint density at radius 2 is 2.00 bits per heavy atom. The number of alkyl halides is 3. The van der Waals surface area contributed by atoms with E-state index in [1.165, 1.54) is 23.5 Å². The van der Waals surface area contributed by atoms with E-state index in [0.29, 0.717) is 21.7 Å². The molecule has 0 saturated heterocycles. The number of fused-ring (bicyclic) bond motifs is 1. The zero-order valence-electron chi connectivity index (χ0n) is 15.4. The quantitative estimate of drug-likeness (QED) is 0.631. The summed E-state index contributed by atoms with van der Waals surface area (Å²) in [6.07, 6.45) is -4.77. The van der Waals surface area contributed by atoms with Crippen LogP contribution in [0.25, 0.3) is 10.2 Å². The first-order valence-electron chi connectivity index (χ1n) is 8.46. The van der Waals surface area contributed by atoms with Gasteiger partial charge in [0.15, 0.2) is 0 Å². The fraction of sp³-hybridized carbons (Fsp3) is 0.278. The number of likely N-dealkylation sites (N-methyl/N-ethyl adjacent to an activating group) is 1. The number of halogens is 3. The standard InChI is InChI=1S/C18H17F3N4O3S/c1-10(16(26)22-11-3-5-12(6-4-11)28-18(19,20)21)25(2)9-14-23-13-7-8-29-15(13)17(27)24-14/h3-8,10H,9H2,1-2H3,(H,22,26)(H,23,24,27). The molecule has 1 atom stereocenters. The van der Waals surface area contributed by atoms with E-state index in [0.717, 1.165) is 12.1 Å². The van der Waals surface area contributed by atoms with Crippen LogP contribution in [0.15, 0.2) is 40.5 Å². The van der Waals surface area contributed by atoms with Crippen LogP contribution < -0.4 is 15.6 Å². The molecule has 154 valence electrons. The van der Waals surface area contributed by atoms with E-state index in [9.17, 15) is 22.8 Å². The van der Waals surface area contributed by atoms with Crippen molar-refractivity contribution in [3.05, 3.63) is 51.9 Å². The molecule has 0 radical (unpaired) electrons. The summed E-state index contributed by atoms with van der Waals surface area (Å²) >= 11 is 1.30. The lowest BCUT2D eigenvalue weighted by Crippen LogP contribution is -2.39. The van der Waals surface area contributed by atoms with Gasteiger partial charge in [0.25, 0.3) is 5.56 Å². The molecule has 0 spiro atoms. The van der Waals surface area contributed by atoms with E-state index in [1.54, 1.807) is 30.3 Å². The number of benzene rings is 1. The number of nitrogens with zero attached hydrogens (tertiary/aromatic N) is 2. The number of thiophene rings is 1. The molecule has 1 amide bonds. The average molecular weight is 426 g/mol. The third-order valence-electron chi connectivity index (χ3n) is 4.16. The maximum atomic E-state index is 12.4.